The van der Waals surface area contributed by atoms with Crippen LogP contribution in [0.15, 0.2) is 0 Å². The predicted molar refractivity (Wildman–Crippen MR) is 37.7 cm³/mol. The molecule has 0 saturated heterocycles. The second-order valence-corrected chi connectivity index (χ2v) is 2.25. The molecule has 0 rings (SSSR count). The maximum atomic E-state index is 10.6. The summed E-state index contributed by atoms with van der Waals surface area (Å²) in [7, 11) is 0. The Labute approximate surface area is 64.8 Å². The van der Waals surface area contributed by atoms with Crippen LogP contribution < -0.4 is 5.73 Å². The summed E-state index contributed by atoms with van der Waals surface area (Å²) in [4.78, 5) is 10.6. The van der Waals surface area contributed by atoms with Crippen LogP contribution in [0, 0.1) is 0 Å². The predicted octanol–water partition coefficient (Wildman–Crippen LogP) is -1.77. The van der Waals surface area contributed by atoms with Crippen LogP contribution in [-0.4, -0.2) is 41.5 Å². The molecular formula is C6H13NO4. The molecule has 5 nitrogen and oxygen atoms in total. The van der Waals surface area contributed by atoms with E-state index in [1.54, 1.807) is 0 Å². The zero-order valence-electron chi connectivity index (χ0n) is 6.36. The SMILES string of the molecule is CC(O)C(=O)OCC(N)CO. The van der Waals surface area contributed by atoms with E-state index in [1.807, 2.05) is 0 Å². The van der Waals surface area contributed by atoms with Crippen molar-refractivity contribution in [2.75, 3.05) is 13.2 Å². The van der Waals surface area contributed by atoms with Crippen molar-refractivity contribution in [3.63, 3.8) is 0 Å². The van der Waals surface area contributed by atoms with Crippen molar-refractivity contribution in [1.29, 1.82) is 0 Å². The summed E-state index contributed by atoms with van der Waals surface area (Å²) in [5, 5.41) is 17.0. The van der Waals surface area contributed by atoms with Gasteiger partial charge in [0.05, 0.1) is 12.6 Å². The molecule has 0 bridgehead atoms. The number of nitrogens with two attached hydrogens (primary N) is 1. The standard InChI is InChI=1S/C6H13NO4/c1-4(9)6(10)11-3-5(7)2-8/h4-5,8-9H,2-3,7H2,1H3. The number of aliphatic hydroxyl groups excluding tert-OH is 2. The molecule has 0 aliphatic rings. The fourth-order valence-corrected chi connectivity index (χ4v) is 0.362. The lowest BCUT2D eigenvalue weighted by molar-refractivity contribution is -0.153. The second-order valence-electron chi connectivity index (χ2n) is 2.25. The molecule has 4 N–H and O–H groups in total. The van der Waals surface area contributed by atoms with Gasteiger partial charge in [0, 0.05) is 0 Å². The molecule has 2 atom stereocenters. The number of aliphatic hydroxyl groups is 2. The van der Waals surface area contributed by atoms with Crippen molar-refractivity contribution < 1.29 is 19.7 Å². The molecule has 0 aliphatic heterocycles. The maximum Gasteiger partial charge on any atom is 0.334 e. The Morgan fingerprint density at radius 3 is 2.64 bits per heavy atom. The van der Waals surface area contributed by atoms with E-state index in [0.717, 1.165) is 0 Å². The molecule has 0 aromatic carbocycles. The van der Waals surface area contributed by atoms with Gasteiger partial charge in [0.25, 0.3) is 0 Å². The van der Waals surface area contributed by atoms with Gasteiger partial charge in [-0.25, -0.2) is 4.79 Å². The summed E-state index contributed by atoms with van der Waals surface area (Å²) < 4.78 is 4.48. The first-order valence-electron chi connectivity index (χ1n) is 3.29. The Hall–Kier alpha value is -0.650. The first kappa shape index (κ1) is 10.3. The van der Waals surface area contributed by atoms with Gasteiger partial charge in [-0.05, 0) is 6.92 Å². The molecule has 0 spiro atoms. The molecule has 11 heavy (non-hydrogen) atoms. The van der Waals surface area contributed by atoms with E-state index in [1.165, 1.54) is 6.92 Å². The van der Waals surface area contributed by atoms with Crippen molar-refractivity contribution in [2.24, 2.45) is 5.73 Å². The minimum Gasteiger partial charge on any atom is -0.462 e. The van der Waals surface area contributed by atoms with E-state index in [0.29, 0.717) is 0 Å². The van der Waals surface area contributed by atoms with Crippen molar-refractivity contribution >= 4 is 5.97 Å². The van der Waals surface area contributed by atoms with Gasteiger partial charge in [0.15, 0.2) is 0 Å². The van der Waals surface area contributed by atoms with Crippen LogP contribution >= 0.6 is 0 Å². The molecule has 66 valence electrons. The minimum absolute atomic E-state index is 0.0692. The van der Waals surface area contributed by atoms with E-state index in [2.05, 4.69) is 4.74 Å². The average Bonchev–Trinajstić information content (AvgIpc) is 1.99. The van der Waals surface area contributed by atoms with Gasteiger partial charge in [0.2, 0.25) is 0 Å². The lowest BCUT2D eigenvalue weighted by Crippen LogP contribution is -2.33. The zero-order valence-corrected chi connectivity index (χ0v) is 6.36. The normalized spacial score (nSPS) is 15.6. The molecule has 0 heterocycles. The molecule has 0 saturated carbocycles. The zero-order chi connectivity index (χ0) is 8.85. The van der Waals surface area contributed by atoms with E-state index < -0.39 is 18.1 Å². The van der Waals surface area contributed by atoms with Crippen LogP contribution in [0.1, 0.15) is 6.92 Å². The van der Waals surface area contributed by atoms with E-state index in [9.17, 15) is 4.79 Å². The largest absolute Gasteiger partial charge is 0.462 e. The van der Waals surface area contributed by atoms with E-state index >= 15 is 0 Å². The van der Waals surface area contributed by atoms with Gasteiger partial charge in [-0.15, -0.1) is 0 Å². The van der Waals surface area contributed by atoms with Gasteiger partial charge in [-0.2, -0.15) is 0 Å². The van der Waals surface area contributed by atoms with Crippen LogP contribution in [0.2, 0.25) is 0 Å². The molecule has 5 heteroatoms. The van der Waals surface area contributed by atoms with Crippen LogP contribution in [0.25, 0.3) is 0 Å². The molecule has 0 aromatic rings. The highest BCUT2D eigenvalue weighted by Gasteiger charge is 2.11. The van der Waals surface area contributed by atoms with Gasteiger partial charge < -0.3 is 20.7 Å². The highest BCUT2D eigenvalue weighted by molar-refractivity contribution is 5.73. The van der Waals surface area contributed by atoms with E-state index in [-0.39, 0.29) is 13.2 Å². The summed E-state index contributed by atoms with van der Waals surface area (Å²) in [5.41, 5.74) is 5.21. The lowest BCUT2D eigenvalue weighted by atomic mass is 10.3. The number of carbonyl (C=O) groups is 1. The van der Waals surface area contributed by atoms with E-state index in [4.69, 9.17) is 15.9 Å². The highest BCUT2D eigenvalue weighted by atomic mass is 16.5. The summed E-state index contributed by atoms with van der Waals surface area (Å²) in [5.74, 6) is -0.728. The van der Waals surface area contributed by atoms with Crippen molar-refractivity contribution in [3.8, 4) is 0 Å². The monoisotopic (exact) mass is 163 g/mol. The van der Waals surface area contributed by atoms with Crippen LogP contribution in [0.4, 0.5) is 0 Å². The van der Waals surface area contributed by atoms with Gasteiger partial charge in [-0.1, -0.05) is 0 Å². The molecule has 0 amide bonds. The molecular weight excluding hydrogens is 150 g/mol. The smallest absolute Gasteiger partial charge is 0.334 e. The Bertz CT molecular complexity index is 126. The van der Waals surface area contributed by atoms with Crippen molar-refractivity contribution in [3.05, 3.63) is 0 Å². The van der Waals surface area contributed by atoms with Gasteiger partial charge in [-0.3, -0.25) is 0 Å². The Kier molecular flexibility index (Phi) is 4.76. The molecule has 0 aromatic heterocycles. The lowest BCUT2D eigenvalue weighted by Gasteiger charge is -2.09. The number of hydrogen-bond acceptors (Lipinski definition) is 5. The average molecular weight is 163 g/mol. The Morgan fingerprint density at radius 1 is 1.73 bits per heavy atom. The van der Waals surface area contributed by atoms with Crippen molar-refractivity contribution in [2.45, 2.75) is 19.1 Å². The third-order valence-corrected chi connectivity index (χ3v) is 1.02. The Morgan fingerprint density at radius 2 is 2.27 bits per heavy atom. The summed E-state index contributed by atoms with van der Waals surface area (Å²) in [6.07, 6.45) is -1.14. The van der Waals surface area contributed by atoms with Crippen LogP contribution in [0.3, 0.4) is 0 Å². The van der Waals surface area contributed by atoms with Gasteiger partial charge >= 0.3 is 5.97 Å². The molecule has 0 radical (unpaired) electrons. The summed E-state index contributed by atoms with van der Waals surface area (Å²) in [6, 6.07) is -0.572. The quantitative estimate of drug-likeness (QED) is 0.426. The number of esters is 1. The third-order valence-electron chi connectivity index (χ3n) is 1.02. The Balaban J connectivity index is 3.46. The molecule has 0 aliphatic carbocycles. The van der Waals surface area contributed by atoms with Gasteiger partial charge in [0.1, 0.15) is 12.7 Å². The number of hydrogen-bond donors (Lipinski definition) is 3. The summed E-state index contributed by atoms with van der Waals surface area (Å²) >= 11 is 0. The fraction of sp³-hybridized carbons (Fsp3) is 0.833. The highest BCUT2D eigenvalue weighted by Crippen LogP contribution is 1.87. The van der Waals surface area contributed by atoms with Crippen molar-refractivity contribution in [1.82, 2.24) is 0 Å². The number of rotatable bonds is 4. The minimum atomic E-state index is -1.14. The second kappa shape index (κ2) is 5.06. The maximum absolute atomic E-state index is 10.6. The number of carbonyl (C=O) groups excluding carboxylic acids is 1. The first-order valence-corrected chi connectivity index (χ1v) is 3.29. The fourth-order valence-electron chi connectivity index (χ4n) is 0.362. The number of ether oxygens (including phenoxy) is 1. The molecule has 2 unspecified atom stereocenters. The van der Waals surface area contributed by atoms with Crippen LogP contribution in [-0.2, 0) is 9.53 Å². The first-order chi connectivity index (χ1) is 5.07. The summed E-state index contributed by atoms with van der Waals surface area (Å²) in [6.45, 7) is 0.986. The third kappa shape index (κ3) is 4.72. The molecule has 0 fully saturated rings. The van der Waals surface area contributed by atoms with Crippen LogP contribution in [0.5, 0.6) is 0 Å². The topological polar surface area (TPSA) is 92.8 Å².